The van der Waals surface area contributed by atoms with Gasteiger partial charge in [-0.15, -0.1) is 0 Å². The standard InChI is InChI=1S/C34H36N2/c1-7-34(5,6)19-29(23(4)20-35)30-22(3)18-26-17-21(2)11-13-27(26)32(30)28-14-12-24-9-8-10-25-15-16-36-33(28)31(24)25/h11-18,29H,4,7-10,19H2,1-3,5-6H3. The average Bonchev–Trinajstić information content (AvgIpc) is 2.87. The zero-order valence-corrected chi connectivity index (χ0v) is 22.3. The Morgan fingerprint density at radius 3 is 2.56 bits per heavy atom. The predicted molar refractivity (Wildman–Crippen MR) is 152 cm³/mol. The van der Waals surface area contributed by atoms with Crippen molar-refractivity contribution in [2.45, 2.75) is 72.6 Å². The highest BCUT2D eigenvalue weighted by Crippen LogP contribution is 2.47. The summed E-state index contributed by atoms with van der Waals surface area (Å²) >= 11 is 0. The van der Waals surface area contributed by atoms with Crippen LogP contribution < -0.4 is 0 Å². The Hall–Kier alpha value is -3.44. The first-order valence-electron chi connectivity index (χ1n) is 13.3. The molecule has 0 spiro atoms. The van der Waals surface area contributed by atoms with Gasteiger partial charge in [-0.3, -0.25) is 4.98 Å². The second-order valence-electron chi connectivity index (χ2n) is 11.4. The maximum Gasteiger partial charge on any atom is 0.0947 e. The van der Waals surface area contributed by atoms with Crippen LogP contribution in [0.4, 0.5) is 0 Å². The van der Waals surface area contributed by atoms with Crippen LogP contribution in [0.2, 0.25) is 0 Å². The van der Waals surface area contributed by atoms with Gasteiger partial charge >= 0.3 is 0 Å². The van der Waals surface area contributed by atoms with E-state index in [-0.39, 0.29) is 11.3 Å². The second kappa shape index (κ2) is 9.21. The Balaban J connectivity index is 1.91. The Morgan fingerprint density at radius 2 is 1.83 bits per heavy atom. The van der Waals surface area contributed by atoms with Crippen molar-refractivity contribution in [2.24, 2.45) is 5.41 Å². The van der Waals surface area contributed by atoms with Crippen LogP contribution in [0, 0.1) is 30.6 Å². The number of nitrogens with zero attached hydrogens (tertiary/aromatic N) is 2. The molecule has 0 saturated carbocycles. The van der Waals surface area contributed by atoms with Crippen molar-refractivity contribution >= 4 is 21.7 Å². The summed E-state index contributed by atoms with van der Waals surface area (Å²) in [7, 11) is 0. The summed E-state index contributed by atoms with van der Waals surface area (Å²) in [5.74, 6) is -0.0449. The number of pyridine rings is 1. The van der Waals surface area contributed by atoms with Crippen LogP contribution in [-0.4, -0.2) is 4.98 Å². The molecule has 0 amide bonds. The molecular weight excluding hydrogens is 436 g/mol. The molecule has 0 radical (unpaired) electrons. The van der Waals surface area contributed by atoms with E-state index in [1.54, 1.807) is 0 Å². The smallest absolute Gasteiger partial charge is 0.0947 e. The zero-order valence-electron chi connectivity index (χ0n) is 22.3. The second-order valence-corrected chi connectivity index (χ2v) is 11.4. The van der Waals surface area contributed by atoms with Crippen molar-refractivity contribution in [3.05, 3.63) is 88.6 Å². The Bertz CT molecular complexity index is 1540. The van der Waals surface area contributed by atoms with Gasteiger partial charge < -0.3 is 0 Å². The van der Waals surface area contributed by atoms with E-state index in [9.17, 15) is 5.26 Å². The lowest BCUT2D eigenvalue weighted by Crippen LogP contribution is -2.18. The maximum atomic E-state index is 10.1. The Labute approximate surface area is 215 Å². The molecule has 0 saturated heterocycles. The first-order chi connectivity index (χ1) is 17.2. The monoisotopic (exact) mass is 472 g/mol. The third kappa shape index (κ3) is 4.11. The van der Waals surface area contributed by atoms with Crippen molar-refractivity contribution in [2.75, 3.05) is 0 Å². The molecule has 3 aromatic carbocycles. The van der Waals surface area contributed by atoms with Gasteiger partial charge in [-0.25, -0.2) is 0 Å². The molecule has 1 aromatic heterocycles. The summed E-state index contributed by atoms with van der Waals surface area (Å²) < 4.78 is 0. The molecule has 5 rings (SSSR count). The van der Waals surface area contributed by atoms with Crippen LogP contribution in [0.5, 0.6) is 0 Å². The highest BCUT2D eigenvalue weighted by atomic mass is 14.7. The van der Waals surface area contributed by atoms with Gasteiger partial charge in [0, 0.05) is 28.6 Å². The van der Waals surface area contributed by atoms with Crippen LogP contribution in [-0.2, 0) is 12.8 Å². The third-order valence-electron chi connectivity index (χ3n) is 8.40. The minimum atomic E-state index is -0.0449. The van der Waals surface area contributed by atoms with Gasteiger partial charge in [-0.05, 0) is 89.6 Å². The van der Waals surface area contributed by atoms with E-state index in [2.05, 4.69) is 89.7 Å². The molecule has 182 valence electrons. The van der Waals surface area contributed by atoms with E-state index in [0.717, 1.165) is 31.2 Å². The molecule has 1 heterocycles. The summed E-state index contributed by atoms with van der Waals surface area (Å²) in [5.41, 5.74) is 10.7. The molecule has 1 atom stereocenters. The SMILES string of the molecule is C=C(C#N)C(CC(C)(C)CC)c1c(C)cc2cc(C)ccc2c1-c1ccc2c3c(ccnc13)CCC2. The average molecular weight is 473 g/mol. The van der Waals surface area contributed by atoms with Crippen LogP contribution in [0.3, 0.4) is 0 Å². The summed E-state index contributed by atoms with van der Waals surface area (Å²) in [4.78, 5) is 4.98. The topological polar surface area (TPSA) is 36.7 Å². The lowest BCUT2D eigenvalue weighted by Gasteiger charge is -2.32. The molecule has 0 fully saturated rings. The number of hydrogen-bond donors (Lipinski definition) is 0. The van der Waals surface area contributed by atoms with E-state index < -0.39 is 0 Å². The number of allylic oxidation sites excluding steroid dienone is 1. The van der Waals surface area contributed by atoms with Gasteiger partial charge in [-0.1, -0.05) is 75.7 Å². The Morgan fingerprint density at radius 1 is 1.08 bits per heavy atom. The maximum absolute atomic E-state index is 10.1. The fraction of sp³-hybridized carbons (Fsp3) is 0.353. The summed E-state index contributed by atoms with van der Waals surface area (Å²) in [5, 5.41) is 13.9. The largest absolute Gasteiger partial charge is 0.256 e. The quantitative estimate of drug-likeness (QED) is 0.262. The normalized spacial score (nSPS) is 14.1. The first-order valence-corrected chi connectivity index (χ1v) is 13.3. The highest BCUT2D eigenvalue weighted by Gasteiger charge is 2.30. The van der Waals surface area contributed by atoms with E-state index >= 15 is 0 Å². The number of nitriles is 1. The van der Waals surface area contributed by atoms with Crippen molar-refractivity contribution in [3.8, 4) is 17.2 Å². The van der Waals surface area contributed by atoms with E-state index in [4.69, 9.17) is 4.98 Å². The number of fused-ring (bicyclic) bond motifs is 1. The summed E-state index contributed by atoms with van der Waals surface area (Å²) in [6.07, 6.45) is 7.31. The fourth-order valence-electron chi connectivity index (χ4n) is 6.09. The zero-order chi connectivity index (χ0) is 25.6. The lowest BCUT2D eigenvalue weighted by atomic mass is 9.72. The van der Waals surface area contributed by atoms with Crippen LogP contribution in [0.1, 0.15) is 73.8 Å². The van der Waals surface area contributed by atoms with Crippen molar-refractivity contribution < 1.29 is 0 Å². The third-order valence-corrected chi connectivity index (χ3v) is 8.40. The van der Waals surface area contributed by atoms with Crippen LogP contribution in [0.25, 0.3) is 32.8 Å². The molecule has 0 N–H and O–H groups in total. The number of benzene rings is 3. The Kier molecular flexibility index (Phi) is 6.21. The minimum absolute atomic E-state index is 0.0449. The number of hydrogen-bond acceptors (Lipinski definition) is 2. The molecule has 0 bridgehead atoms. The molecule has 1 unspecified atom stereocenters. The number of rotatable bonds is 6. The van der Waals surface area contributed by atoms with E-state index in [1.165, 1.54) is 61.5 Å². The molecule has 2 heteroatoms. The van der Waals surface area contributed by atoms with E-state index in [0.29, 0.717) is 5.57 Å². The molecule has 0 aliphatic heterocycles. The van der Waals surface area contributed by atoms with Crippen molar-refractivity contribution in [1.29, 1.82) is 5.26 Å². The molecule has 4 aromatic rings. The number of aryl methyl sites for hydroxylation is 4. The molecule has 36 heavy (non-hydrogen) atoms. The van der Waals surface area contributed by atoms with Gasteiger partial charge in [0.1, 0.15) is 0 Å². The van der Waals surface area contributed by atoms with Gasteiger partial charge in [0.05, 0.1) is 11.6 Å². The van der Waals surface area contributed by atoms with Crippen LogP contribution >= 0.6 is 0 Å². The fourth-order valence-corrected chi connectivity index (χ4v) is 6.09. The van der Waals surface area contributed by atoms with Crippen molar-refractivity contribution in [3.63, 3.8) is 0 Å². The van der Waals surface area contributed by atoms with Crippen molar-refractivity contribution in [1.82, 2.24) is 4.98 Å². The van der Waals surface area contributed by atoms with Gasteiger partial charge in [-0.2, -0.15) is 5.26 Å². The predicted octanol–water partition coefficient (Wildman–Crippen LogP) is 9.15. The number of aromatic nitrogens is 1. The van der Waals surface area contributed by atoms with Gasteiger partial charge in [0.2, 0.25) is 0 Å². The molecular formula is C34H36N2. The summed E-state index contributed by atoms with van der Waals surface area (Å²) in [6.45, 7) is 15.5. The lowest BCUT2D eigenvalue weighted by molar-refractivity contribution is 0.306. The first kappa shape index (κ1) is 24.3. The summed E-state index contributed by atoms with van der Waals surface area (Å²) in [6, 6.07) is 18.3. The molecule has 1 aliphatic carbocycles. The van der Waals surface area contributed by atoms with E-state index in [1.807, 2.05) is 6.20 Å². The molecule has 1 aliphatic rings. The molecule has 2 nitrogen and oxygen atoms in total. The van der Waals surface area contributed by atoms with Gasteiger partial charge in [0.25, 0.3) is 0 Å². The van der Waals surface area contributed by atoms with Gasteiger partial charge in [0.15, 0.2) is 0 Å². The highest BCUT2D eigenvalue weighted by molar-refractivity contribution is 6.07. The minimum Gasteiger partial charge on any atom is -0.256 e. The van der Waals surface area contributed by atoms with Crippen LogP contribution in [0.15, 0.2) is 60.8 Å².